The predicted octanol–water partition coefficient (Wildman–Crippen LogP) is 3.78. The van der Waals surface area contributed by atoms with Gasteiger partial charge < -0.3 is 24.3 Å². The van der Waals surface area contributed by atoms with E-state index in [2.05, 4.69) is 5.32 Å². The molecule has 0 aliphatic carbocycles. The fourth-order valence-electron chi connectivity index (χ4n) is 2.14. The maximum atomic E-state index is 12.1. The molecule has 0 saturated heterocycles. The van der Waals surface area contributed by atoms with Crippen LogP contribution in [0.2, 0.25) is 5.02 Å². The highest BCUT2D eigenvalue weighted by molar-refractivity contribution is 6.30. The third-order valence-electron chi connectivity index (χ3n) is 3.39. The van der Waals surface area contributed by atoms with Crippen LogP contribution in [0.25, 0.3) is 0 Å². The smallest absolute Gasteiger partial charge is 0.227 e. The molecule has 0 saturated carbocycles. The molecule has 140 valence electrons. The van der Waals surface area contributed by atoms with Crippen LogP contribution in [0, 0.1) is 0 Å². The second kappa shape index (κ2) is 10.5. The minimum absolute atomic E-state index is 0.167. The minimum Gasteiger partial charge on any atom is -0.493 e. The van der Waals surface area contributed by atoms with Crippen molar-refractivity contribution in [2.75, 3.05) is 39.4 Å². The number of ether oxygens (including phenoxy) is 4. The fourth-order valence-corrected chi connectivity index (χ4v) is 2.32. The van der Waals surface area contributed by atoms with Gasteiger partial charge in [0.15, 0.2) is 11.5 Å². The summed E-state index contributed by atoms with van der Waals surface area (Å²) in [6, 6.07) is 12.2. The van der Waals surface area contributed by atoms with Crippen LogP contribution in [0.3, 0.4) is 0 Å². The summed E-state index contributed by atoms with van der Waals surface area (Å²) in [5, 5.41) is 3.40. The van der Waals surface area contributed by atoms with Crippen molar-refractivity contribution in [3.8, 4) is 17.2 Å². The van der Waals surface area contributed by atoms with Crippen LogP contribution in [-0.4, -0.2) is 39.9 Å². The van der Waals surface area contributed by atoms with Gasteiger partial charge in [-0.1, -0.05) is 17.7 Å². The van der Waals surface area contributed by atoms with E-state index in [9.17, 15) is 4.79 Å². The SMILES string of the molecule is COCCOc1cc(NC(=O)CCOc2cccc(Cl)c2)ccc1OC. The van der Waals surface area contributed by atoms with Crippen LogP contribution < -0.4 is 19.5 Å². The van der Waals surface area contributed by atoms with Gasteiger partial charge in [0.25, 0.3) is 0 Å². The van der Waals surface area contributed by atoms with E-state index in [4.69, 9.17) is 30.5 Å². The van der Waals surface area contributed by atoms with Crippen molar-refractivity contribution < 1.29 is 23.7 Å². The lowest BCUT2D eigenvalue weighted by atomic mass is 10.2. The molecule has 1 amide bonds. The summed E-state index contributed by atoms with van der Waals surface area (Å²) in [6.45, 7) is 1.10. The number of carbonyl (C=O) groups excluding carboxylic acids is 1. The predicted molar refractivity (Wildman–Crippen MR) is 101 cm³/mol. The lowest BCUT2D eigenvalue weighted by Crippen LogP contribution is -2.15. The first-order valence-electron chi connectivity index (χ1n) is 8.10. The van der Waals surface area contributed by atoms with Gasteiger partial charge in [0.1, 0.15) is 12.4 Å². The second-order valence-corrected chi connectivity index (χ2v) is 5.75. The summed E-state index contributed by atoms with van der Waals surface area (Å²) in [5.41, 5.74) is 0.617. The summed E-state index contributed by atoms with van der Waals surface area (Å²) < 4.78 is 21.3. The number of rotatable bonds is 10. The summed E-state index contributed by atoms with van der Waals surface area (Å²) in [4.78, 5) is 12.1. The molecule has 2 aromatic rings. The topological polar surface area (TPSA) is 66.0 Å². The molecule has 0 bridgehead atoms. The summed E-state index contributed by atoms with van der Waals surface area (Å²) in [5.74, 6) is 1.59. The minimum atomic E-state index is -0.167. The largest absolute Gasteiger partial charge is 0.493 e. The van der Waals surface area contributed by atoms with Gasteiger partial charge in [0.2, 0.25) is 5.91 Å². The number of benzene rings is 2. The van der Waals surface area contributed by atoms with Gasteiger partial charge in [-0.2, -0.15) is 0 Å². The maximum absolute atomic E-state index is 12.1. The highest BCUT2D eigenvalue weighted by Crippen LogP contribution is 2.30. The van der Waals surface area contributed by atoms with Crippen LogP contribution in [0.1, 0.15) is 6.42 Å². The molecule has 0 heterocycles. The highest BCUT2D eigenvalue weighted by Gasteiger charge is 2.09. The summed E-state index contributed by atoms with van der Waals surface area (Å²) in [7, 11) is 3.16. The van der Waals surface area contributed by atoms with Gasteiger partial charge in [-0.05, 0) is 30.3 Å². The average Bonchev–Trinajstić information content (AvgIpc) is 2.62. The lowest BCUT2D eigenvalue weighted by Gasteiger charge is -2.13. The Hall–Kier alpha value is -2.44. The number of halogens is 1. The van der Waals surface area contributed by atoms with Gasteiger partial charge in [-0.15, -0.1) is 0 Å². The fraction of sp³-hybridized carbons (Fsp3) is 0.316. The van der Waals surface area contributed by atoms with E-state index < -0.39 is 0 Å². The standard InChI is InChI=1S/C19H22ClNO5/c1-23-10-11-26-18-13-15(6-7-17(18)24-2)21-19(22)8-9-25-16-5-3-4-14(20)12-16/h3-7,12-13H,8-11H2,1-2H3,(H,21,22). The average molecular weight is 380 g/mol. The van der Waals surface area contributed by atoms with Crippen molar-refractivity contribution in [1.29, 1.82) is 0 Å². The molecule has 7 heteroatoms. The molecule has 26 heavy (non-hydrogen) atoms. The third-order valence-corrected chi connectivity index (χ3v) is 3.62. The molecule has 0 radical (unpaired) electrons. The monoisotopic (exact) mass is 379 g/mol. The first-order chi connectivity index (χ1) is 12.6. The Balaban J connectivity index is 1.86. The number of methoxy groups -OCH3 is 2. The first kappa shape index (κ1) is 19.9. The molecule has 0 spiro atoms. The van der Waals surface area contributed by atoms with Crippen molar-refractivity contribution >= 4 is 23.2 Å². The zero-order valence-electron chi connectivity index (χ0n) is 14.8. The zero-order chi connectivity index (χ0) is 18.8. The van der Waals surface area contributed by atoms with Gasteiger partial charge in [0.05, 0.1) is 26.7 Å². The van der Waals surface area contributed by atoms with Gasteiger partial charge in [0, 0.05) is 23.9 Å². The molecule has 0 aliphatic heterocycles. The number of nitrogens with one attached hydrogen (secondary N) is 1. The quantitative estimate of drug-likeness (QED) is 0.636. The van der Waals surface area contributed by atoms with E-state index in [-0.39, 0.29) is 18.9 Å². The molecule has 0 unspecified atom stereocenters. The normalized spacial score (nSPS) is 10.3. The maximum Gasteiger partial charge on any atom is 0.227 e. The van der Waals surface area contributed by atoms with Crippen LogP contribution in [0.5, 0.6) is 17.2 Å². The molecule has 2 rings (SSSR count). The number of carbonyl (C=O) groups is 1. The Morgan fingerprint density at radius 1 is 1.00 bits per heavy atom. The molecule has 0 fully saturated rings. The van der Waals surface area contributed by atoms with E-state index in [0.717, 1.165) is 0 Å². The molecule has 0 aromatic heterocycles. The van der Waals surface area contributed by atoms with Gasteiger partial charge in [-0.3, -0.25) is 4.79 Å². The third kappa shape index (κ3) is 6.46. The number of hydrogen-bond acceptors (Lipinski definition) is 5. The first-order valence-corrected chi connectivity index (χ1v) is 8.48. The van der Waals surface area contributed by atoms with Crippen LogP contribution >= 0.6 is 11.6 Å². The summed E-state index contributed by atoms with van der Waals surface area (Å²) in [6.07, 6.45) is 0.207. The Morgan fingerprint density at radius 2 is 1.85 bits per heavy atom. The van der Waals surface area contributed by atoms with Crippen molar-refractivity contribution in [2.45, 2.75) is 6.42 Å². The molecular formula is C19H22ClNO5. The zero-order valence-corrected chi connectivity index (χ0v) is 15.5. The molecular weight excluding hydrogens is 358 g/mol. The highest BCUT2D eigenvalue weighted by atomic mass is 35.5. The molecule has 6 nitrogen and oxygen atoms in total. The van der Waals surface area contributed by atoms with Crippen molar-refractivity contribution in [2.24, 2.45) is 0 Å². The van der Waals surface area contributed by atoms with Gasteiger partial charge >= 0.3 is 0 Å². The molecule has 0 aliphatic rings. The number of hydrogen-bond donors (Lipinski definition) is 1. The molecule has 0 atom stereocenters. The Kier molecular flexibility index (Phi) is 8.05. The van der Waals surface area contributed by atoms with Crippen LogP contribution in [-0.2, 0) is 9.53 Å². The number of amides is 1. The second-order valence-electron chi connectivity index (χ2n) is 5.31. The van der Waals surface area contributed by atoms with E-state index in [0.29, 0.717) is 41.2 Å². The van der Waals surface area contributed by atoms with Crippen LogP contribution in [0.15, 0.2) is 42.5 Å². The van der Waals surface area contributed by atoms with E-state index >= 15 is 0 Å². The van der Waals surface area contributed by atoms with Gasteiger partial charge in [-0.25, -0.2) is 0 Å². The Labute approximate surface area is 158 Å². The van der Waals surface area contributed by atoms with E-state index in [1.165, 1.54) is 0 Å². The molecule has 2 aromatic carbocycles. The van der Waals surface area contributed by atoms with Crippen LogP contribution in [0.4, 0.5) is 5.69 Å². The summed E-state index contributed by atoms with van der Waals surface area (Å²) >= 11 is 5.89. The van der Waals surface area contributed by atoms with Crippen molar-refractivity contribution in [3.05, 3.63) is 47.5 Å². The molecule has 1 N–H and O–H groups in total. The van der Waals surface area contributed by atoms with E-state index in [1.807, 2.05) is 0 Å². The lowest BCUT2D eigenvalue weighted by molar-refractivity contribution is -0.116. The Bertz CT molecular complexity index is 723. The van der Waals surface area contributed by atoms with Crippen molar-refractivity contribution in [1.82, 2.24) is 0 Å². The number of anilines is 1. The van der Waals surface area contributed by atoms with Crippen molar-refractivity contribution in [3.63, 3.8) is 0 Å². The Morgan fingerprint density at radius 3 is 2.58 bits per heavy atom. The van der Waals surface area contributed by atoms with E-state index in [1.54, 1.807) is 56.7 Å².